The maximum atomic E-state index is 12.5. The Labute approximate surface area is 132 Å². The van der Waals surface area contributed by atoms with Crippen molar-refractivity contribution < 1.29 is 13.5 Å². The second-order valence-electron chi connectivity index (χ2n) is 4.76. The Morgan fingerprint density at radius 1 is 1.33 bits per heavy atom. The predicted octanol–water partition coefficient (Wildman–Crippen LogP) is 2.04. The Bertz CT molecular complexity index is 559. The van der Waals surface area contributed by atoms with Crippen molar-refractivity contribution in [3.63, 3.8) is 0 Å². The van der Waals surface area contributed by atoms with Gasteiger partial charge in [0.2, 0.25) is 10.0 Å². The summed E-state index contributed by atoms with van der Waals surface area (Å²) in [6, 6.07) is 4.96. The predicted molar refractivity (Wildman–Crippen MR) is 86.5 cm³/mol. The molecule has 0 fully saturated rings. The number of aliphatic hydroxyl groups is 1. The highest BCUT2D eigenvalue weighted by Crippen LogP contribution is 2.23. The molecule has 0 aliphatic carbocycles. The molecule has 0 bridgehead atoms. The topological polar surface area (TPSA) is 69.6 Å². The Morgan fingerprint density at radius 2 is 1.95 bits per heavy atom. The molecule has 7 heteroatoms. The van der Waals surface area contributed by atoms with Crippen LogP contribution in [0.5, 0.6) is 0 Å². The molecule has 0 aliphatic rings. The summed E-state index contributed by atoms with van der Waals surface area (Å²) >= 11 is 5.55. The summed E-state index contributed by atoms with van der Waals surface area (Å²) in [5.41, 5.74) is 1.60. The van der Waals surface area contributed by atoms with Crippen LogP contribution in [0, 0.1) is 6.92 Å². The fourth-order valence-corrected chi connectivity index (χ4v) is 3.54. The quantitative estimate of drug-likeness (QED) is 0.714. The number of aliphatic hydroxyl groups excluding tert-OH is 1. The van der Waals surface area contributed by atoms with E-state index >= 15 is 0 Å². The molecule has 0 saturated carbocycles. The molecule has 0 amide bonds. The average Bonchev–Trinajstić information content (AvgIpc) is 2.46. The molecule has 0 heterocycles. The van der Waals surface area contributed by atoms with Crippen molar-refractivity contribution in [3.05, 3.63) is 23.8 Å². The third kappa shape index (κ3) is 4.57. The molecule has 0 aliphatic heterocycles. The van der Waals surface area contributed by atoms with Gasteiger partial charge in [-0.3, -0.25) is 0 Å². The standard InChI is InChI=1S/C14H23ClN2O3S/c1-4-17(5-2)21(19,20)13-7-6-11(3)14(8-13)16-10-12(18)9-15/h6-8,12,16,18H,4-5,9-10H2,1-3H3. The minimum atomic E-state index is -3.48. The van der Waals surface area contributed by atoms with Gasteiger partial charge in [0.25, 0.3) is 0 Å². The number of rotatable bonds is 8. The highest BCUT2D eigenvalue weighted by atomic mass is 35.5. The number of nitrogens with zero attached hydrogens (tertiary/aromatic N) is 1. The van der Waals surface area contributed by atoms with Crippen LogP contribution in [-0.4, -0.2) is 49.4 Å². The Morgan fingerprint density at radius 3 is 2.48 bits per heavy atom. The van der Waals surface area contributed by atoms with Crippen LogP contribution in [0.15, 0.2) is 23.1 Å². The lowest BCUT2D eigenvalue weighted by molar-refractivity contribution is 0.211. The summed E-state index contributed by atoms with van der Waals surface area (Å²) < 4.78 is 26.4. The largest absolute Gasteiger partial charge is 0.390 e. The zero-order valence-corrected chi connectivity index (χ0v) is 14.2. The molecule has 5 nitrogen and oxygen atoms in total. The van der Waals surface area contributed by atoms with Crippen LogP contribution >= 0.6 is 11.6 Å². The molecule has 1 aromatic carbocycles. The first kappa shape index (κ1) is 18.2. The van der Waals surface area contributed by atoms with Crippen molar-refractivity contribution in [1.29, 1.82) is 0 Å². The van der Waals surface area contributed by atoms with Gasteiger partial charge in [-0.25, -0.2) is 8.42 Å². The molecule has 1 aromatic rings. The van der Waals surface area contributed by atoms with Crippen LogP contribution in [0.25, 0.3) is 0 Å². The SMILES string of the molecule is CCN(CC)S(=O)(=O)c1ccc(C)c(NCC(O)CCl)c1. The first-order valence-electron chi connectivity index (χ1n) is 6.95. The van der Waals surface area contributed by atoms with Gasteiger partial charge in [0.15, 0.2) is 0 Å². The van der Waals surface area contributed by atoms with E-state index in [1.54, 1.807) is 18.2 Å². The van der Waals surface area contributed by atoms with Crippen LogP contribution in [0.2, 0.25) is 0 Å². The van der Waals surface area contributed by atoms with E-state index in [0.29, 0.717) is 18.8 Å². The monoisotopic (exact) mass is 334 g/mol. The summed E-state index contributed by atoms with van der Waals surface area (Å²) in [4.78, 5) is 0.250. The molecular formula is C14H23ClN2O3S. The molecule has 0 aromatic heterocycles. The van der Waals surface area contributed by atoms with Crippen LogP contribution in [0.1, 0.15) is 19.4 Å². The smallest absolute Gasteiger partial charge is 0.243 e. The van der Waals surface area contributed by atoms with Gasteiger partial charge >= 0.3 is 0 Å². The first-order chi connectivity index (χ1) is 9.86. The van der Waals surface area contributed by atoms with Gasteiger partial charge in [0.1, 0.15) is 0 Å². The van der Waals surface area contributed by atoms with Crippen LogP contribution in [0.3, 0.4) is 0 Å². The van der Waals surface area contributed by atoms with E-state index < -0.39 is 16.1 Å². The van der Waals surface area contributed by atoms with E-state index in [2.05, 4.69) is 5.32 Å². The van der Waals surface area contributed by atoms with Crippen molar-refractivity contribution in [2.75, 3.05) is 30.8 Å². The minimum absolute atomic E-state index is 0.128. The molecule has 2 N–H and O–H groups in total. The van der Waals surface area contributed by atoms with Gasteiger partial charge in [-0.2, -0.15) is 4.31 Å². The Hall–Kier alpha value is -0.820. The Kier molecular flexibility index (Phi) is 6.93. The summed E-state index contributed by atoms with van der Waals surface area (Å²) in [6.45, 7) is 6.64. The minimum Gasteiger partial charge on any atom is -0.390 e. The Balaban J connectivity index is 3.06. The number of hydrogen-bond acceptors (Lipinski definition) is 4. The zero-order valence-electron chi connectivity index (χ0n) is 12.6. The van der Waals surface area contributed by atoms with E-state index in [1.165, 1.54) is 4.31 Å². The molecule has 120 valence electrons. The van der Waals surface area contributed by atoms with Crippen molar-refractivity contribution in [2.45, 2.75) is 31.8 Å². The first-order valence-corrected chi connectivity index (χ1v) is 8.92. The highest BCUT2D eigenvalue weighted by Gasteiger charge is 2.22. The maximum absolute atomic E-state index is 12.5. The van der Waals surface area contributed by atoms with Crippen LogP contribution in [0.4, 0.5) is 5.69 Å². The van der Waals surface area contributed by atoms with Crippen molar-refractivity contribution in [2.24, 2.45) is 0 Å². The average molecular weight is 335 g/mol. The normalized spacial score (nSPS) is 13.4. The van der Waals surface area contributed by atoms with Gasteiger partial charge < -0.3 is 10.4 Å². The number of hydrogen-bond donors (Lipinski definition) is 2. The third-order valence-corrected chi connectivity index (χ3v) is 5.66. The zero-order chi connectivity index (χ0) is 16.0. The molecule has 21 heavy (non-hydrogen) atoms. The molecule has 0 spiro atoms. The lowest BCUT2D eigenvalue weighted by Gasteiger charge is -2.20. The summed E-state index contributed by atoms with van der Waals surface area (Å²) in [5, 5.41) is 12.5. The maximum Gasteiger partial charge on any atom is 0.243 e. The van der Waals surface area contributed by atoms with Crippen LogP contribution < -0.4 is 5.32 Å². The number of nitrogens with one attached hydrogen (secondary N) is 1. The van der Waals surface area contributed by atoms with E-state index in [9.17, 15) is 13.5 Å². The number of alkyl halides is 1. The summed E-state index contributed by atoms with van der Waals surface area (Å²) in [5.74, 6) is 0.128. The molecule has 0 saturated heterocycles. The molecule has 1 atom stereocenters. The number of aryl methyl sites for hydroxylation is 1. The summed E-state index contributed by atoms with van der Waals surface area (Å²) in [6.07, 6.45) is -0.672. The number of anilines is 1. The third-order valence-electron chi connectivity index (χ3n) is 3.26. The lowest BCUT2D eigenvalue weighted by atomic mass is 10.2. The second kappa shape index (κ2) is 7.98. The van der Waals surface area contributed by atoms with Gasteiger partial charge in [0.05, 0.1) is 16.9 Å². The van der Waals surface area contributed by atoms with E-state index in [1.807, 2.05) is 20.8 Å². The van der Waals surface area contributed by atoms with E-state index in [0.717, 1.165) is 5.56 Å². The highest BCUT2D eigenvalue weighted by molar-refractivity contribution is 7.89. The van der Waals surface area contributed by atoms with E-state index in [4.69, 9.17) is 11.6 Å². The number of halogens is 1. The van der Waals surface area contributed by atoms with Crippen LogP contribution in [-0.2, 0) is 10.0 Å². The van der Waals surface area contributed by atoms with Gasteiger partial charge in [0, 0.05) is 25.3 Å². The van der Waals surface area contributed by atoms with Gasteiger partial charge in [-0.05, 0) is 24.6 Å². The van der Waals surface area contributed by atoms with Gasteiger partial charge in [-0.15, -0.1) is 11.6 Å². The molecular weight excluding hydrogens is 312 g/mol. The summed E-state index contributed by atoms with van der Waals surface area (Å²) in [7, 11) is -3.48. The van der Waals surface area contributed by atoms with Gasteiger partial charge in [-0.1, -0.05) is 19.9 Å². The van der Waals surface area contributed by atoms with Crippen molar-refractivity contribution in [3.8, 4) is 0 Å². The van der Waals surface area contributed by atoms with Crippen molar-refractivity contribution >= 4 is 27.3 Å². The second-order valence-corrected chi connectivity index (χ2v) is 7.00. The van der Waals surface area contributed by atoms with Crippen molar-refractivity contribution in [1.82, 2.24) is 4.31 Å². The number of sulfonamides is 1. The lowest BCUT2D eigenvalue weighted by Crippen LogP contribution is -2.30. The fraction of sp³-hybridized carbons (Fsp3) is 0.571. The molecule has 0 radical (unpaired) electrons. The van der Waals surface area contributed by atoms with E-state index in [-0.39, 0.29) is 17.3 Å². The molecule has 1 unspecified atom stereocenters. The molecule has 1 rings (SSSR count). The number of benzene rings is 1. The fourth-order valence-electron chi connectivity index (χ4n) is 1.95.